The van der Waals surface area contributed by atoms with E-state index in [-0.39, 0.29) is 5.56 Å². The quantitative estimate of drug-likeness (QED) is 0.869. The van der Waals surface area contributed by atoms with E-state index in [2.05, 4.69) is 26.0 Å². The minimum atomic E-state index is -1.01. The molecule has 7 heteroatoms. The molecule has 0 amide bonds. The SMILES string of the molecule is O=C(O)c1ccc(-n2cc(OCBr)cn2)nc1. The summed E-state index contributed by atoms with van der Waals surface area (Å²) in [6.07, 6.45) is 4.49. The van der Waals surface area contributed by atoms with Gasteiger partial charge in [0.05, 0.1) is 18.0 Å². The first-order chi connectivity index (χ1) is 8.20. The van der Waals surface area contributed by atoms with Crippen LogP contribution in [0.3, 0.4) is 0 Å². The standard InChI is InChI=1S/C10H8BrN3O3/c11-6-17-8-4-13-14(5-8)9-2-1-7(3-12-9)10(15)16/h1-5H,6H2,(H,15,16). The lowest BCUT2D eigenvalue weighted by molar-refractivity contribution is 0.0696. The van der Waals surface area contributed by atoms with Crippen molar-refractivity contribution in [1.82, 2.24) is 14.8 Å². The Bertz CT molecular complexity index is 524. The molecule has 17 heavy (non-hydrogen) atoms. The zero-order valence-electron chi connectivity index (χ0n) is 8.58. The van der Waals surface area contributed by atoms with E-state index in [0.29, 0.717) is 17.1 Å². The number of hydrogen-bond donors (Lipinski definition) is 1. The predicted octanol–water partition coefficient (Wildman–Crippen LogP) is 1.70. The summed E-state index contributed by atoms with van der Waals surface area (Å²) in [6.45, 7) is 0. The van der Waals surface area contributed by atoms with Crippen LogP contribution in [0.2, 0.25) is 0 Å². The van der Waals surface area contributed by atoms with E-state index in [1.165, 1.54) is 16.9 Å². The summed E-state index contributed by atoms with van der Waals surface area (Å²) < 4.78 is 6.68. The highest BCUT2D eigenvalue weighted by atomic mass is 79.9. The van der Waals surface area contributed by atoms with Crippen molar-refractivity contribution in [2.24, 2.45) is 0 Å². The molecule has 0 aromatic carbocycles. The number of ether oxygens (including phenoxy) is 1. The van der Waals surface area contributed by atoms with Crippen molar-refractivity contribution < 1.29 is 14.6 Å². The normalized spacial score (nSPS) is 10.2. The highest BCUT2D eigenvalue weighted by molar-refractivity contribution is 9.09. The van der Waals surface area contributed by atoms with Gasteiger partial charge in [0.25, 0.3) is 0 Å². The third-order valence-electron chi connectivity index (χ3n) is 2.01. The summed E-state index contributed by atoms with van der Waals surface area (Å²) in [4.78, 5) is 14.6. The summed E-state index contributed by atoms with van der Waals surface area (Å²) in [6, 6.07) is 3.05. The molecule has 0 bridgehead atoms. The molecule has 1 N–H and O–H groups in total. The van der Waals surface area contributed by atoms with E-state index in [0.717, 1.165) is 0 Å². The molecule has 0 saturated heterocycles. The van der Waals surface area contributed by atoms with Crippen molar-refractivity contribution in [3.05, 3.63) is 36.3 Å². The fourth-order valence-corrected chi connectivity index (χ4v) is 1.48. The highest BCUT2D eigenvalue weighted by Crippen LogP contribution is 2.13. The number of aromatic nitrogens is 3. The van der Waals surface area contributed by atoms with E-state index in [9.17, 15) is 4.79 Å². The largest absolute Gasteiger partial charge is 0.479 e. The average molecular weight is 298 g/mol. The summed E-state index contributed by atoms with van der Waals surface area (Å²) in [5, 5.41) is 12.8. The number of nitrogens with zero attached hydrogens (tertiary/aromatic N) is 3. The second-order valence-corrected chi connectivity index (χ2v) is 3.54. The van der Waals surface area contributed by atoms with E-state index < -0.39 is 5.97 Å². The molecular formula is C10H8BrN3O3. The Morgan fingerprint density at radius 3 is 2.88 bits per heavy atom. The van der Waals surface area contributed by atoms with Crippen molar-refractivity contribution in [2.75, 3.05) is 5.52 Å². The number of aromatic carboxylic acids is 1. The van der Waals surface area contributed by atoms with Crippen LogP contribution in [0.1, 0.15) is 10.4 Å². The fraction of sp³-hybridized carbons (Fsp3) is 0.100. The zero-order valence-corrected chi connectivity index (χ0v) is 10.2. The molecule has 0 aliphatic heterocycles. The summed E-state index contributed by atoms with van der Waals surface area (Å²) in [7, 11) is 0. The number of halogens is 1. The van der Waals surface area contributed by atoms with Crippen LogP contribution in [0.15, 0.2) is 30.7 Å². The second-order valence-electron chi connectivity index (χ2n) is 3.08. The molecule has 0 radical (unpaired) electrons. The Hall–Kier alpha value is -1.89. The van der Waals surface area contributed by atoms with Crippen LogP contribution in [0.5, 0.6) is 5.75 Å². The molecule has 0 aliphatic carbocycles. The third kappa shape index (κ3) is 2.62. The minimum Gasteiger partial charge on any atom is -0.479 e. The van der Waals surface area contributed by atoms with Gasteiger partial charge >= 0.3 is 5.97 Å². The summed E-state index contributed by atoms with van der Waals surface area (Å²) in [5.41, 5.74) is 0.516. The van der Waals surface area contributed by atoms with Gasteiger partial charge in [-0.05, 0) is 28.1 Å². The number of carboxylic acids is 1. The smallest absolute Gasteiger partial charge is 0.337 e. The maximum atomic E-state index is 10.7. The molecule has 0 aliphatic rings. The van der Waals surface area contributed by atoms with Crippen LogP contribution >= 0.6 is 15.9 Å². The first-order valence-electron chi connectivity index (χ1n) is 4.64. The molecule has 0 spiro atoms. The molecular weight excluding hydrogens is 290 g/mol. The maximum absolute atomic E-state index is 10.7. The Morgan fingerprint density at radius 2 is 2.29 bits per heavy atom. The Balaban J connectivity index is 2.23. The number of hydrogen-bond acceptors (Lipinski definition) is 4. The molecule has 2 aromatic rings. The Labute approximate surface area is 105 Å². The minimum absolute atomic E-state index is 0.137. The van der Waals surface area contributed by atoms with Gasteiger partial charge in [-0.2, -0.15) is 5.10 Å². The summed E-state index contributed by atoms with van der Waals surface area (Å²) >= 11 is 3.14. The number of carboxylic acid groups (broad SMARTS) is 1. The van der Waals surface area contributed by atoms with Gasteiger partial charge in [0.15, 0.2) is 11.6 Å². The topological polar surface area (TPSA) is 77.2 Å². The first kappa shape index (κ1) is 11.6. The molecule has 2 aromatic heterocycles. The number of pyridine rings is 1. The molecule has 6 nitrogen and oxygen atoms in total. The second kappa shape index (κ2) is 4.96. The molecule has 2 rings (SSSR count). The predicted molar refractivity (Wildman–Crippen MR) is 62.7 cm³/mol. The van der Waals surface area contributed by atoms with Crippen molar-refractivity contribution in [2.45, 2.75) is 0 Å². The van der Waals surface area contributed by atoms with Gasteiger partial charge in [0.2, 0.25) is 0 Å². The lowest BCUT2D eigenvalue weighted by Gasteiger charge is -2.00. The van der Waals surface area contributed by atoms with Gasteiger partial charge in [-0.3, -0.25) is 0 Å². The average Bonchev–Trinajstić information content (AvgIpc) is 2.78. The maximum Gasteiger partial charge on any atom is 0.337 e. The molecule has 0 saturated carbocycles. The van der Waals surface area contributed by atoms with Gasteiger partial charge in [0, 0.05) is 6.20 Å². The highest BCUT2D eigenvalue weighted by Gasteiger charge is 2.05. The van der Waals surface area contributed by atoms with Crippen LogP contribution in [-0.4, -0.2) is 31.4 Å². The number of alkyl halides is 1. The van der Waals surface area contributed by atoms with Crippen LogP contribution < -0.4 is 4.74 Å². The van der Waals surface area contributed by atoms with Crippen molar-refractivity contribution in [3.8, 4) is 11.6 Å². The van der Waals surface area contributed by atoms with Crippen LogP contribution in [0, 0.1) is 0 Å². The van der Waals surface area contributed by atoms with Gasteiger partial charge in [0.1, 0.15) is 5.52 Å². The third-order valence-corrected chi connectivity index (χ3v) is 2.24. The van der Waals surface area contributed by atoms with E-state index in [4.69, 9.17) is 9.84 Å². The van der Waals surface area contributed by atoms with Gasteiger partial charge in [-0.1, -0.05) is 0 Å². The number of rotatable bonds is 4. The molecule has 2 heterocycles. The Kier molecular flexibility index (Phi) is 3.38. The van der Waals surface area contributed by atoms with Gasteiger partial charge < -0.3 is 9.84 Å². The lowest BCUT2D eigenvalue weighted by Crippen LogP contribution is -2.01. The van der Waals surface area contributed by atoms with Crippen molar-refractivity contribution >= 4 is 21.9 Å². The molecule has 0 unspecified atom stereocenters. The van der Waals surface area contributed by atoms with Crippen molar-refractivity contribution in [1.29, 1.82) is 0 Å². The monoisotopic (exact) mass is 297 g/mol. The van der Waals surface area contributed by atoms with E-state index in [1.807, 2.05) is 0 Å². The van der Waals surface area contributed by atoms with E-state index >= 15 is 0 Å². The zero-order chi connectivity index (χ0) is 12.3. The number of carbonyl (C=O) groups is 1. The van der Waals surface area contributed by atoms with E-state index in [1.54, 1.807) is 18.5 Å². The summed E-state index contributed by atoms with van der Waals surface area (Å²) in [5.74, 6) is 0.123. The fourth-order valence-electron chi connectivity index (χ4n) is 1.22. The van der Waals surface area contributed by atoms with Crippen LogP contribution in [0.25, 0.3) is 5.82 Å². The van der Waals surface area contributed by atoms with Crippen molar-refractivity contribution in [3.63, 3.8) is 0 Å². The molecule has 0 atom stereocenters. The van der Waals surface area contributed by atoms with Gasteiger partial charge in [-0.25, -0.2) is 14.5 Å². The van der Waals surface area contributed by atoms with Crippen LogP contribution in [0.4, 0.5) is 0 Å². The Morgan fingerprint density at radius 1 is 1.47 bits per heavy atom. The lowest BCUT2D eigenvalue weighted by atomic mass is 10.3. The van der Waals surface area contributed by atoms with Crippen LogP contribution in [-0.2, 0) is 0 Å². The first-order valence-corrected chi connectivity index (χ1v) is 5.76. The van der Waals surface area contributed by atoms with Gasteiger partial charge in [-0.15, -0.1) is 0 Å². The molecule has 0 fully saturated rings. The molecule has 88 valence electrons.